The third kappa shape index (κ3) is 2.09. The van der Waals surface area contributed by atoms with Crippen LogP contribution in [-0.2, 0) is 0 Å². The molecule has 0 amide bonds. The maximum atomic E-state index is 5.88. The third-order valence-electron chi connectivity index (χ3n) is 2.28. The summed E-state index contributed by atoms with van der Waals surface area (Å²) in [7, 11) is 1.63. The number of rotatable bonds is 2. The van der Waals surface area contributed by atoms with Crippen LogP contribution in [0.5, 0.6) is 5.75 Å². The Labute approximate surface area is 98.8 Å². The van der Waals surface area contributed by atoms with Gasteiger partial charge in [0.25, 0.3) is 0 Å². The molecule has 2 N–H and O–H groups in total. The second-order valence-electron chi connectivity index (χ2n) is 3.33. The Morgan fingerprint density at radius 3 is 2.81 bits per heavy atom. The van der Waals surface area contributed by atoms with Crippen molar-refractivity contribution in [2.24, 2.45) is 0 Å². The predicted molar refractivity (Wildman–Crippen MR) is 65.6 cm³/mol. The molecule has 0 radical (unpaired) electrons. The second kappa shape index (κ2) is 4.41. The number of anilines is 1. The highest BCUT2D eigenvalue weighted by molar-refractivity contribution is 6.29. The lowest BCUT2D eigenvalue weighted by molar-refractivity contribution is 0.415. The molecule has 0 fully saturated rings. The number of nitrogen functional groups attached to an aromatic ring is 1. The molecule has 0 aliphatic heterocycles. The van der Waals surface area contributed by atoms with E-state index in [9.17, 15) is 0 Å². The molecule has 3 nitrogen and oxygen atoms in total. The second-order valence-corrected chi connectivity index (χ2v) is 3.71. The lowest BCUT2D eigenvalue weighted by atomic mass is 10.1. The monoisotopic (exact) mass is 234 g/mol. The molecule has 16 heavy (non-hydrogen) atoms. The van der Waals surface area contributed by atoms with E-state index in [0.29, 0.717) is 10.8 Å². The highest BCUT2D eigenvalue weighted by Gasteiger charge is 2.05. The van der Waals surface area contributed by atoms with Crippen LogP contribution in [0.3, 0.4) is 0 Å². The van der Waals surface area contributed by atoms with Crippen molar-refractivity contribution in [1.82, 2.24) is 4.98 Å². The van der Waals surface area contributed by atoms with E-state index in [1.807, 2.05) is 24.3 Å². The minimum Gasteiger partial charge on any atom is -0.497 e. The zero-order valence-corrected chi connectivity index (χ0v) is 9.53. The van der Waals surface area contributed by atoms with E-state index in [4.69, 9.17) is 22.1 Å². The van der Waals surface area contributed by atoms with Gasteiger partial charge in [-0.15, -0.1) is 0 Å². The molecule has 1 aromatic heterocycles. The predicted octanol–water partition coefficient (Wildman–Crippen LogP) is 2.99. The van der Waals surface area contributed by atoms with Gasteiger partial charge in [-0.1, -0.05) is 23.7 Å². The van der Waals surface area contributed by atoms with Gasteiger partial charge in [0.05, 0.1) is 7.11 Å². The van der Waals surface area contributed by atoms with Gasteiger partial charge in [-0.05, 0) is 23.8 Å². The lowest BCUT2D eigenvalue weighted by Gasteiger charge is -2.07. The van der Waals surface area contributed by atoms with Crippen molar-refractivity contribution in [3.05, 3.63) is 41.7 Å². The van der Waals surface area contributed by atoms with E-state index in [-0.39, 0.29) is 0 Å². The molecule has 0 aliphatic carbocycles. The van der Waals surface area contributed by atoms with Crippen LogP contribution < -0.4 is 10.5 Å². The summed E-state index contributed by atoms with van der Waals surface area (Å²) in [6.45, 7) is 0. The van der Waals surface area contributed by atoms with Gasteiger partial charge in [0.1, 0.15) is 10.9 Å². The largest absolute Gasteiger partial charge is 0.497 e. The summed E-state index contributed by atoms with van der Waals surface area (Å²) < 4.78 is 5.15. The zero-order valence-electron chi connectivity index (χ0n) is 8.77. The fourth-order valence-electron chi connectivity index (χ4n) is 1.48. The molecule has 82 valence electrons. The van der Waals surface area contributed by atoms with Crippen LogP contribution in [0.1, 0.15) is 0 Å². The van der Waals surface area contributed by atoms with E-state index in [2.05, 4.69) is 4.98 Å². The average molecular weight is 235 g/mol. The number of ether oxygens (including phenoxy) is 1. The molecule has 0 unspecified atom stereocenters. The van der Waals surface area contributed by atoms with Crippen molar-refractivity contribution in [2.45, 2.75) is 0 Å². The summed E-state index contributed by atoms with van der Waals surface area (Å²) in [5, 5.41) is 0.393. The van der Waals surface area contributed by atoms with Crippen molar-refractivity contribution in [1.29, 1.82) is 0 Å². The number of hydrogen-bond acceptors (Lipinski definition) is 3. The summed E-state index contributed by atoms with van der Waals surface area (Å²) in [4.78, 5) is 4.02. The van der Waals surface area contributed by atoms with E-state index in [1.165, 1.54) is 0 Å². The number of pyridine rings is 1. The van der Waals surface area contributed by atoms with Crippen LogP contribution in [0.2, 0.25) is 5.15 Å². The summed E-state index contributed by atoms with van der Waals surface area (Å²) in [6, 6.07) is 9.27. The molecule has 4 heteroatoms. The topological polar surface area (TPSA) is 48.1 Å². The van der Waals surface area contributed by atoms with Gasteiger partial charge >= 0.3 is 0 Å². The van der Waals surface area contributed by atoms with Gasteiger partial charge in [0.2, 0.25) is 0 Å². The molecule has 1 aromatic carbocycles. The first-order valence-electron chi connectivity index (χ1n) is 4.76. The van der Waals surface area contributed by atoms with Gasteiger partial charge in [-0.3, -0.25) is 0 Å². The SMILES string of the molecule is COc1cccc(-c2cnc(Cl)cc2N)c1. The normalized spacial score (nSPS) is 10.1. The number of benzene rings is 1. The first-order chi connectivity index (χ1) is 7.70. The Bertz CT molecular complexity index is 514. The van der Waals surface area contributed by atoms with Gasteiger partial charge < -0.3 is 10.5 Å². The zero-order chi connectivity index (χ0) is 11.5. The third-order valence-corrected chi connectivity index (χ3v) is 2.49. The molecule has 1 heterocycles. The van der Waals surface area contributed by atoms with Crippen LogP contribution in [0.25, 0.3) is 11.1 Å². The molecule has 0 aliphatic rings. The molecule has 0 saturated carbocycles. The average Bonchev–Trinajstić information content (AvgIpc) is 2.29. The van der Waals surface area contributed by atoms with E-state index in [1.54, 1.807) is 19.4 Å². The summed E-state index contributed by atoms with van der Waals surface area (Å²) in [5.74, 6) is 0.784. The smallest absolute Gasteiger partial charge is 0.131 e. The number of halogens is 1. The molecule has 0 spiro atoms. The van der Waals surface area contributed by atoms with Gasteiger partial charge in [0.15, 0.2) is 0 Å². The standard InChI is InChI=1S/C12H11ClN2O/c1-16-9-4-2-3-8(5-9)10-7-15-12(13)6-11(10)14/h2-7H,1H3,(H2,14,15). The Morgan fingerprint density at radius 1 is 1.31 bits per heavy atom. The first-order valence-corrected chi connectivity index (χ1v) is 5.14. The van der Waals surface area contributed by atoms with Crippen molar-refractivity contribution in [2.75, 3.05) is 12.8 Å². The van der Waals surface area contributed by atoms with Gasteiger partial charge in [0, 0.05) is 17.4 Å². The molecular weight excluding hydrogens is 224 g/mol. The van der Waals surface area contributed by atoms with Crippen LogP contribution in [0, 0.1) is 0 Å². The van der Waals surface area contributed by atoms with Gasteiger partial charge in [-0.2, -0.15) is 0 Å². The van der Waals surface area contributed by atoms with E-state index < -0.39 is 0 Å². The maximum absolute atomic E-state index is 5.88. The fourth-order valence-corrected chi connectivity index (χ4v) is 1.64. The van der Waals surface area contributed by atoms with Crippen LogP contribution >= 0.6 is 11.6 Å². The van der Waals surface area contributed by atoms with Crippen molar-refractivity contribution in [3.63, 3.8) is 0 Å². The summed E-state index contributed by atoms with van der Waals surface area (Å²) >= 11 is 5.75. The van der Waals surface area contributed by atoms with Crippen LogP contribution in [0.15, 0.2) is 36.5 Å². The number of nitrogens with two attached hydrogens (primary N) is 1. The quantitative estimate of drug-likeness (QED) is 0.813. The van der Waals surface area contributed by atoms with Crippen LogP contribution in [-0.4, -0.2) is 12.1 Å². The maximum Gasteiger partial charge on any atom is 0.131 e. The molecule has 2 rings (SSSR count). The molecule has 2 aromatic rings. The number of hydrogen-bond donors (Lipinski definition) is 1. The Morgan fingerprint density at radius 2 is 2.12 bits per heavy atom. The van der Waals surface area contributed by atoms with Crippen LogP contribution in [0.4, 0.5) is 5.69 Å². The minimum atomic E-state index is 0.393. The molecule has 0 atom stereocenters. The summed E-state index contributed by atoms with van der Waals surface area (Å²) in [5.41, 5.74) is 8.29. The van der Waals surface area contributed by atoms with E-state index in [0.717, 1.165) is 16.9 Å². The fraction of sp³-hybridized carbons (Fsp3) is 0.0833. The Hall–Kier alpha value is -1.74. The molecular formula is C12H11ClN2O. The minimum absolute atomic E-state index is 0.393. The van der Waals surface area contributed by atoms with Gasteiger partial charge in [-0.25, -0.2) is 4.98 Å². The highest BCUT2D eigenvalue weighted by Crippen LogP contribution is 2.29. The Balaban J connectivity index is 2.49. The summed E-state index contributed by atoms with van der Waals surface area (Å²) in [6.07, 6.45) is 1.66. The lowest BCUT2D eigenvalue weighted by Crippen LogP contribution is -1.92. The van der Waals surface area contributed by atoms with Crippen molar-refractivity contribution >= 4 is 17.3 Å². The van der Waals surface area contributed by atoms with Crippen molar-refractivity contribution < 1.29 is 4.74 Å². The highest BCUT2D eigenvalue weighted by atomic mass is 35.5. The Kier molecular flexibility index (Phi) is 2.97. The molecule has 0 saturated heterocycles. The molecule has 0 bridgehead atoms. The first kappa shape index (κ1) is 10.8. The van der Waals surface area contributed by atoms with Crippen molar-refractivity contribution in [3.8, 4) is 16.9 Å². The number of nitrogens with zero attached hydrogens (tertiary/aromatic N) is 1. The van der Waals surface area contributed by atoms with E-state index >= 15 is 0 Å². The number of methoxy groups -OCH3 is 1. The number of aromatic nitrogens is 1.